The quantitative estimate of drug-likeness (QED) is 0.178. The molecule has 31 heavy (non-hydrogen) atoms. The third-order valence-corrected chi connectivity index (χ3v) is 6.84. The standard InChI is InChI=1S/C22H18I2N2O4S/c1-4-9-30-19-16(23)10-13(11-17(19)24)12-18-20(27)26(2)22(31-18)25-15-7-5-14(6-8-15)21(28)29-3/h4-8,10-12H,1,9H2,2-3H3. The minimum atomic E-state index is -0.405. The van der Waals surface area contributed by atoms with Crippen LogP contribution in [-0.2, 0) is 9.53 Å². The largest absolute Gasteiger partial charge is 0.487 e. The van der Waals surface area contributed by atoms with E-state index in [9.17, 15) is 9.59 Å². The molecule has 1 fully saturated rings. The number of amidine groups is 1. The lowest BCUT2D eigenvalue weighted by atomic mass is 10.2. The second-order valence-electron chi connectivity index (χ2n) is 6.32. The maximum Gasteiger partial charge on any atom is 0.337 e. The van der Waals surface area contributed by atoms with Gasteiger partial charge in [-0.1, -0.05) is 12.7 Å². The number of carbonyl (C=O) groups excluding carboxylic acids is 2. The minimum Gasteiger partial charge on any atom is -0.487 e. The molecule has 3 rings (SSSR count). The second-order valence-corrected chi connectivity index (χ2v) is 9.65. The van der Waals surface area contributed by atoms with Crippen LogP contribution in [0.5, 0.6) is 5.75 Å². The molecule has 2 aromatic carbocycles. The molecule has 9 heteroatoms. The zero-order chi connectivity index (χ0) is 22.5. The zero-order valence-corrected chi connectivity index (χ0v) is 21.9. The molecule has 0 spiro atoms. The van der Waals surface area contributed by atoms with Gasteiger partial charge < -0.3 is 9.47 Å². The highest BCUT2D eigenvalue weighted by atomic mass is 127. The number of aliphatic imine (C=N–C) groups is 1. The number of nitrogens with zero attached hydrogens (tertiary/aromatic N) is 2. The molecule has 1 aliphatic rings. The zero-order valence-electron chi connectivity index (χ0n) is 16.7. The Kier molecular flexibility index (Phi) is 8.17. The molecule has 0 saturated carbocycles. The van der Waals surface area contributed by atoms with Crippen molar-refractivity contribution in [3.63, 3.8) is 0 Å². The van der Waals surface area contributed by atoms with Gasteiger partial charge in [0.1, 0.15) is 12.4 Å². The van der Waals surface area contributed by atoms with Crippen LogP contribution in [0.3, 0.4) is 0 Å². The van der Waals surface area contributed by atoms with Gasteiger partial charge in [-0.15, -0.1) is 0 Å². The van der Waals surface area contributed by atoms with Gasteiger partial charge in [-0.05, 0) is 105 Å². The number of amides is 1. The topological polar surface area (TPSA) is 68.2 Å². The van der Waals surface area contributed by atoms with E-state index in [1.54, 1.807) is 37.4 Å². The molecule has 1 saturated heterocycles. The Balaban J connectivity index is 1.84. The molecule has 160 valence electrons. The Morgan fingerprint density at radius 3 is 2.45 bits per heavy atom. The van der Waals surface area contributed by atoms with Crippen LogP contribution >= 0.6 is 56.9 Å². The smallest absolute Gasteiger partial charge is 0.337 e. The second kappa shape index (κ2) is 10.6. The van der Waals surface area contributed by atoms with Gasteiger partial charge in [-0.3, -0.25) is 9.69 Å². The highest BCUT2D eigenvalue weighted by Crippen LogP contribution is 2.35. The number of ether oxygens (including phenoxy) is 2. The van der Waals surface area contributed by atoms with E-state index in [2.05, 4.69) is 56.8 Å². The van der Waals surface area contributed by atoms with Gasteiger partial charge >= 0.3 is 5.97 Å². The highest BCUT2D eigenvalue weighted by Gasteiger charge is 2.30. The van der Waals surface area contributed by atoms with Gasteiger partial charge in [0.2, 0.25) is 0 Å². The van der Waals surface area contributed by atoms with Gasteiger partial charge in [0.05, 0.1) is 30.4 Å². The van der Waals surface area contributed by atoms with Gasteiger partial charge in [-0.25, -0.2) is 9.79 Å². The number of rotatable bonds is 6. The average Bonchev–Trinajstić information content (AvgIpc) is 3.01. The number of carbonyl (C=O) groups is 2. The molecule has 0 bridgehead atoms. The summed E-state index contributed by atoms with van der Waals surface area (Å²) in [5, 5.41) is 0.567. The van der Waals surface area contributed by atoms with Crippen molar-refractivity contribution in [3.8, 4) is 5.75 Å². The summed E-state index contributed by atoms with van der Waals surface area (Å²) in [5.74, 6) is 0.285. The molecular weight excluding hydrogens is 642 g/mol. The fourth-order valence-corrected chi connectivity index (χ4v) is 5.76. The molecule has 6 nitrogen and oxygen atoms in total. The van der Waals surface area contributed by atoms with Crippen LogP contribution in [0.4, 0.5) is 5.69 Å². The van der Waals surface area contributed by atoms with E-state index in [-0.39, 0.29) is 5.91 Å². The lowest BCUT2D eigenvalue weighted by Crippen LogP contribution is -2.23. The molecule has 0 unspecified atom stereocenters. The number of halogens is 2. The summed E-state index contributed by atoms with van der Waals surface area (Å²) in [6, 6.07) is 10.7. The fourth-order valence-electron chi connectivity index (χ4n) is 2.65. The molecule has 1 heterocycles. The number of benzene rings is 2. The van der Waals surface area contributed by atoms with Crippen LogP contribution in [0.25, 0.3) is 6.08 Å². The van der Waals surface area contributed by atoms with Crippen LogP contribution in [0, 0.1) is 7.14 Å². The molecular formula is C22H18I2N2O4S. The Labute approximate surface area is 212 Å². The van der Waals surface area contributed by atoms with E-state index in [1.165, 1.54) is 23.8 Å². The van der Waals surface area contributed by atoms with Gasteiger partial charge in [0, 0.05) is 7.05 Å². The first-order valence-electron chi connectivity index (χ1n) is 9.01. The lowest BCUT2D eigenvalue weighted by molar-refractivity contribution is -0.121. The van der Waals surface area contributed by atoms with Crippen molar-refractivity contribution in [2.45, 2.75) is 0 Å². The summed E-state index contributed by atoms with van der Waals surface area (Å²) < 4.78 is 12.3. The van der Waals surface area contributed by atoms with Crippen LogP contribution in [-0.4, -0.2) is 42.7 Å². The van der Waals surface area contributed by atoms with Gasteiger partial charge in [-0.2, -0.15) is 0 Å². The Morgan fingerprint density at radius 1 is 1.23 bits per heavy atom. The number of methoxy groups -OCH3 is 1. The summed E-state index contributed by atoms with van der Waals surface area (Å²) in [5.41, 5.74) is 2.00. The number of thioether (sulfide) groups is 1. The summed E-state index contributed by atoms with van der Waals surface area (Å²) in [4.78, 5) is 30.9. The Bertz CT molecular complexity index is 1070. The van der Waals surface area contributed by atoms with E-state index in [0.717, 1.165) is 18.5 Å². The van der Waals surface area contributed by atoms with Crippen molar-refractivity contribution in [1.29, 1.82) is 0 Å². The van der Waals surface area contributed by atoms with E-state index in [0.29, 0.717) is 27.9 Å². The number of hydrogen-bond acceptors (Lipinski definition) is 6. The van der Waals surface area contributed by atoms with Gasteiger partial charge in [0.25, 0.3) is 5.91 Å². The molecule has 0 atom stereocenters. The number of hydrogen-bond donors (Lipinski definition) is 0. The third kappa shape index (κ3) is 5.69. The lowest BCUT2D eigenvalue weighted by Gasteiger charge is -2.10. The molecule has 0 aromatic heterocycles. The summed E-state index contributed by atoms with van der Waals surface area (Å²) in [6.45, 7) is 4.11. The van der Waals surface area contributed by atoms with E-state index >= 15 is 0 Å². The van der Waals surface area contributed by atoms with Crippen molar-refractivity contribution in [2.75, 3.05) is 20.8 Å². The first kappa shape index (κ1) is 23.8. The molecule has 0 aliphatic carbocycles. The third-order valence-electron chi connectivity index (χ3n) is 4.18. The first-order chi connectivity index (χ1) is 14.8. The summed E-state index contributed by atoms with van der Waals surface area (Å²) >= 11 is 5.76. The highest BCUT2D eigenvalue weighted by molar-refractivity contribution is 14.1. The van der Waals surface area contributed by atoms with Gasteiger partial charge in [0.15, 0.2) is 5.17 Å². The Morgan fingerprint density at radius 2 is 1.87 bits per heavy atom. The van der Waals surface area contributed by atoms with Crippen molar-refractivity contribution in [1.82, 2.24) is 4.90 Å². The molecule has 0 N–H and O–H groups in total. The SMILES string of the molecule is C=CCOc1c(I)cc(C=C2SC(=Nc3ccc(C(=O)OC)cc3)N(C)C2=O)cc1I. The van der Waals surface area contributed by atoms with Crippen LogP contribution in [0.1, 0.15) is 15.9 Å². The molecule has 1 aliphatic heterocycles. The number of esters is 1. The van der Waals surface area contributed by atoms with Crippen molar-refractivity contribution < 1.29 is 19.1 Å². The monoisotopic (exact) mass is 660 g/mol. The van der Waals surface area contributed by atoms with Crippen molar-refractivity contribution >= 4 is 85.8 Å². The maximum atomic E-state index is 12.7. The first-order valence-corrected chi connectivity index (χ1v) is 12.0. The average molecular weight is 660 g/mol. The van der Waals surface area contributed by atoms with Crippen LogP contribution in [0.2, 0.25) is 0 Å². The van der Waals surface area contributed by atoms with E-state index in [4.69, 9.17) is 9.47 Å². The van der Waals surface area contributed by atoms with E-state index in [1.807, 2.05) is 18.2 Å². The van der Waals surface area contributed by atoms with Crippen molar-refractivity contribution in [2.24, 2.45) is 4.99 Å². The minimum absolute atomic E-state index is 0.119. The predicted octanol–water partition coefficient (Wildman–Crippen LogP) is 5.48. The van der Waals surface area contributed by atoms with Crippen LogP contribution < -0.4 is 4.74 Å². The summed E-state index contributed by atoms with van der Waals surface area (Å²) in [6.07, 6.45) is 3.56. The molecule has 1 amide bonds. The van der Waals surface area contributed by atoms with E-state index < -0.39 is 5.97 Å². The summed E-state index contributed by atoms with van der Waals surface area (Å²) in [7, 11) is 3.03. The molecule has 2 aromatic rings. The predicted molar refractivity (Wildman–Crippen MR) is 141 cm³/mol. The number of likely N-dealkylation sites (N-methyl/N-ethyl adjacent to an activating group) is 1. The Hall–Kier alpha value is -1.86. The molecule has 0 radical (unpaired) electrons. The maximum absolute atomic E-state index is 12.7. The van der Waals surface area contributed by atoms with Crippen LogP contribution in [0.15, 0.2) is 59.0 Å². The normalized spacial score (nSPS) is 16.1. The fraction of sp³-hybridized carbons (Fsp3) is 0.136. The van der Waals surface area contributed by atoms with Crippen molar-refractivity contribution in [3.05, 3.63) is 72.2 Å².